The van der Waals surface area contributed by atoms with Crippen molar-refractivity contribution in [2.45, 2.75) is 52.1 Å². The number of hydrogen-bond donors (Lipinski definition) is 2. The van der Waals surface area contributed by atoms with E-state index in [2.05, 4.69) is 10.6 Å². The zero-order valence-corrected chi connectivity index (χ0v) is 21.5. The zero-order chi connectivity index (χ0) is 26.1. The summed E-state index contributed by atoms with van der Waals surface area (Å²) in [6.07, 6.45) is 0.827. The van der Waals surface area contributed by atoms with Crippen molar-refractivity contribution >= 4 is 28.6 Å². The van der Waals surface area contributed by atoms with Gasteiger partial charge in [0.2, 0.25) is 11.8 Å². The van der Waals surface area contributed by atoms with E-state index >= 15 is 0 Å². The molecule has 6 heteroatoms. The number of rotatable bonds is 11. The van der Waals surface area contributed by atoms with E-state index < -0.39 is 17.9 Å². The summed E-state index contributed by atoms with van der Waals surface area (Å²) in [4.78, 5) is 38.7. The van der Waals surface area contributed by atoms with Crippen LogP contribution < -0.4 is 10.6 Å². The van der Waals surface area contributed by atoms with Crippen LogP contribution in [0.15, 0.2) is 72.8 Å². The minimum Gasteiger partial charge on any atom is -0.469 e. The fourth-order valence-corrected chi connectivity index (χ4v) is 4.38. The molecule has 0 spiro atoms. The predicted octanol–water partition coefficient (Wildman–Crippen LogP) is 4.97. The highest BCUT2D eigenvalue weighted by atomic mass is 16.5. The monoisotopic (exact) mass is 488 g/mol. The summed E-state index contributed by atoms with van der Waals surface area (Å²) < 4.78 is 4.80. The Morgan fingerprint density at radius 1 is 0.806 bits per heavy atom. The molecule has 0 aromatic heterocycles. The molecular formula is C30H36N2O4. The number of nitrogens with one attached hydrogen (secondary N) is 2. The molecule has 0 bridgehead atoms. The molecule has 0 fully saturated rings. The Bertz CT molecular complexity index is 1180. The van der Waals surface area contributed by atoms with E-state index in [1.54, 1.807) is 0 Å². The molecule has 2 amide bonds. The Balaban J connectivity index is 1.83. The molecule has 0 aliphatic carbocycles. The van der Waals surface area contributed by atoms with Crippen molar-refractivity contribution in [2.75, 3.05) is 7.11 Å². The second kappa shape index (κ2) is 12.9. The van der Waals surface area contributed by atoms with Crippen LogP contribution in [0.5, 0.6) is 0 Å². The number of amides is 2. The number of benzene rings is 3. The third-order valence-corrected chi connectivity index (χ3v) is 6.31. The first-order chi connectivity index (χ1) is 17.3. The van der Waals surface area contributed by atoms with Crippen LogP contribution in [0.3, 0.4) is 0 Å². The first-order valence-electron chi connectivity index (χ1n) is 12.5. The Morgan fingerprint density at radius 3 is 2.14 bits per heavy atom. The van der Waals surface area contributed by atoms with E-state index in [1.807, 2.05) is 93.6 Å². The van der Waals surface area contributed by atoms with E-state index in [4.69, 9.17) is 4.74 Å². The van der Waals surface area contributed by atoms with Crippen LogP contribution >= 0.6 is 0 Å². The van der Waals surface area contributed by atoms with Gasteiger partial charge in [-0.3, -0.25) is 14.4 Å². The smallest absolute Gasteiger partial charge is 0.306 e. The molecule has 3 aromatic rings. The number of hydrogen-bond acceptors (Lipinski definition) is 4. The van der Waals surface area contributed by atoms with Gasteiger partial charge in [-0.05, 0) is 41.2 Å². The molecule has 3 atom stereocenters. The summed E-state index contributed by atoms with van der Waals surface area (Å²) in [5.74, 6) is -1.40. The van der Waals surface area contributed by atoms with Gasteiger partial charge in [0, 0.05) is 12.3 Å². The maximum atomic E-state index is 13.4. The van der Waals surface area contributed by atoms with E-state index in [0.717, 1.165) is 21.9 Å². The quantitative estimate of drug-likeness (QED) is 0.373. The van der Waals surface area contributed by atoms with Crippen molar-refractivity contribution in [1.29, 1.82) is 0 Å². The molecule has 190 valence electrons. The van der Waals surface area contributed by atoms with Crippen molar-refractivity contribution in [2.24, 2.45) is 11.8 Å². The molecule has 0 aliphatic heterocycles. The molecule has 6 nitrogen and oxygen atoms in total. The van der Waals surface area contributed by atoms with Gasteiger partial charge in [0.05, 0.1) is 19.6 Å². The molecule has 0 saturated heterocycles. The minimum atomic E-state index is -0.794. The summed E-state index contributed by atoms with van der Waals surface area (Å²) in [6, 6.07) is 22.7. The summed E-state index contributed by atoms with van der Waals surface area (Å²) in [7, 11) is 1.31. The number of methoxy groups -OCH3 is 1. The van der Waals surface area contributed by atoms with Gasteiger partial charge in [0.25, 0.3) is 0 Å². The van der Waals surface area contributed by atoms with Gasteiger partial charge in [-0.1, -0.05) is 86.6 Å². The predicted molar refractivity (Wildman–Crippen MR) is 142 cm³/mol. The van der Waals surface area contributed by atoms with E-state index in [0.29, 0.717) is 12.8 Å². The van der Waals surface area contributed by atoms with Crippen LogP contribution in [0.2, 0.25) is 0 Å². The van der Waals surface area contributed by atoms with Crippen LogP contribution in [0.25, 0.3) is 10.8 Å². The lowest BCUT2D eigenvalue weighted by Crippen LogP contribution is -2.50. The molecule has 0 unspecified atom stereocenters. The third kappa shape index (κ3) is 7.67. The maximum Gasteiger partial charge on any atom is 0.306 e. The number of esters is 1. The first-order valence-corrected chi connectivity index (χ1v) is 12.5. The zero-order valence-electron chi connectivity index (χ0n) is 21.5. The van der Waals surface area contributed by atoms with Gasteiger partial charge in [0.1, 0.15) is 6.04 Å². The van der Waals surface area contributed by atoms with Crippen LogP contribution in [-0.2, 0) is 25.5 Å². The van der Waals surface area contributed by atoms with Crippen LogP contribution in [0.4, 0.5) is 0 Å². The minimum absolute atomic E-state index is 0.0226. The number of fused-ring (bicyclic) bond motifs is 1. The van der Waals surface area contributed by atoms with E-state index in [9.17, 15) is 14.4 Å². The molecular weight excluding hydrogens is 452 g/mol. The normalized spacial score (nSPS) is 13.6. The highest BCUT2D eigenvalue weighted by Crippen LogP contribution is 2.20. The molecule has 3 aromatic carbocycles. The van der Waals surface area contributed by atoms with Gasteiger partial charge in [-0.15, -0.1) is 0 Å². The fraction of sp³-hybridized carbons (Fsp3) is 0.367. The summed E-state index contributed by atoms with van der Waals surface area (Å²) in [5.41, 5.74) is 1.92. The topological polar surface area (TPSA) is 84.5 Å². The van der Waals surface area contributed by atoms with Crippen molar-refractivity contribution in [3.63, 3.8) is 0 Å². The molecule has 3 rings (SSSR count). The Labute approximate surface area is 213 Å². The van der Waals surface area contributed by atoms with E-state index in [1.165, 1.54) is 7.11 Å². The van der Waals surface area contributed by atoms with Crippen LogP contribution in [0, 0.1) is 11.8 Å². The molecule has 0 aliphatic rings. The largest absolute Gasteiger partial charge is 0.469 e. The van der Waals surface area contributed by atoms with Crippen LogP contribution in [0.1, 0.15) is 50.8 Å². The summed E-state index contributed by atoms with van der Waals surface area (Å²) in [6.45, 7) is 5.91. The Kier molecular flexibility index (Phi) is 9.62. The van der Waals surface area contributed by atoms with Crippen molar-refractivity contribution in [3.8, 4) is 0 Å². The molecule has 36 heavy (non-hydrogen) atoms. The van der Waals surface area contributed by atoms with Gasteiger partial charge in [-0.25, -0.2) is 0 Å². The lowest BCUT2D eigenvalue weighted by Gasteiger charge is -2.25. The van der Waals surface area contributed by atoms with E-state index in [-0.39, 0.29) is 30.2 Å². The summed E-state index contributed by atoms with van der Waals surface area (Å²) in [5, 5.41) is 8.17. The van der Waals surface area contributed by atoms with Gasteiger partial charge < -0.3 is 15.4 Å². The second-order valence-corrected chi connectivity index (χ2v) is 9.69. The standard InChI is InChI=1S/C30H36N2O4/c1-20(2)16-26(19-28(33)36-4)29(34)32-27(30(35)31-21(3)23-10-6-5-7-11-23)18-22-14-15-24-12-8-9-13-25(24)17-22/h5-15,17,20-21,26-27H,16,18-19H2,1-4H3,(H,31,35)(H,32,34)/t21-,26-,27-/m0/s1. The molecule has 0 radical (unpaired) electrons. The van der Waals surface area contributed by atoms with Crippen molar-refractivity contribution < 1.29 is 19.1 Å². The highest BCUT2D eigenvalue weighted by Gasteiger charge is 2.29. The number of carbonyl (C=O) groups is 3. The number of ether oxygens (including phenoxy) is 1. The average molecular weight is 489 g/mol. The first kappa shape index (κ1) is 26.9. The fourth-order valence-electron chi connectivity index (χ4n) is 4.38. The average Bonchev–Trinajstić information content (AvgIpc) is 2.87. The SMILES string of the molecule is COC(=O)C[C@H](CC(C)C)C(=O)N[C@@H](Cc1ccc2ccccc2c1)C(=O)N[C@@H](C)c1ccccc1. The van der Waals surface area contributed by atoms with Gasteiger partial charge >= 0.3 is 5.97 Å². The third-order valence-electron chi connectivity index (χ3n) is 6.31. The van der Waals surface area contributed by atoms with Crippen molar-refractivity contribution in [1.82, 2.24) is 10.6 Å². The highest BCUT2D eigenvalue weighted by molar-refractivity contribution is 5.90. The van der Waals surface area contributed by atoms with Crippen molar-refractivity contribution in [3.05, 3.63) is 83.9 Å². The van der Waals surface area contributed by atoms with Gasteiger partial charge in [-0.2, -0.15) is 0 Å². The van der Waals surface area contributed by atoms with Crippen LogP contribution in [-0.4, -0.2) is 30.9 Å². The molecule has 0 heterocycles. The Hall–Kier alpha value is -3.67. The molecule has 2 N–H and O–H groups in total. The lowest BCUT2D eigenvalue weighted by molar-refractivity contribution is -0.144. The summed E-state index contributed by atoms with van der Waals surface area (Å²) >= 11 is 0. The second-order valence-electron chi connectivity index (χ2n) is 9.69. The molecule has 0 saturated carbocycles. The lowest BCUT2D eigenvalue weighted by atomic mass is 9.92. The maximum absolute atomic E-state index is 13.4. The number of carbonyl (C=O) groups excluding carboxylic acids is 3. The van der Waals surface area contributed by atoms with Gasteiger partial charge in [0.15, 0.2) is 0 Å². The Morgan fingerprint density at radius 2 is 1.47 bits per heavy atom.